The van der Waals surface area contributed by atoms with Crippen molar-refractivity contribution < 1.29 is 0 Å². The average Bonchev–Trinajstić information content (AvgIpc) is 3.24. The molecule has 1 saturated heterocycles. The van der Waals surface area contributed by atoms with Gasteiger partial charge in [-0.1, -0.05) is 26.7 Å². The molecule has 0 bridgehead atoms. The fourth-order valence-corrected chi connectivity index (χ4v) is 4.57. The van der Waals surface area contributed by atoms with Crippen molar-refractivity contribution >= 4 is 41.3 Å². The third-order valence-electron chi connectivity index (χ3n) is 5.38. The molecule has 0 amide bonds. The zero-order valence-electron chi connectivity index (χ0n) is 17.0. The SMILES string of the molecule is CCC(CC)C(CNC(=NC)NCc1nc(C)c(C)s1)N1CCCC1.I. The van der Waals surface area contributed by atoms with Crippen molar-refractivity contribution in [1.29, 1.82) is 0 Å². The molecule has 0 aromatic carbocycles. The molecular weight excluding hydrogens is 457 g/mol. The number of nitrogens with zero attached hydrogens (tertiary/aromatic N) is 3. The lowest BCUT2D eigenvalue weighted by Gasteiger charge is -2.34. The molecule has 26 heavy (non-hydrogen) atoms. The summed E-state index contributed by atoms with van der Waals surface area (Å²) < 4.78 is 0. The maximum Gasteiger partial charge on any atom is 0.191 e. The van der Waals surface area contributed by atoms with Gasteiger partial charge in [0.05, 0.1) is 12.2 Å². The van der Waals surface area contributed by atoms with Crippen molar-refractivity contribution in [3.8, 4) is 0 Å². The summed E-state index contributed by atoms with van der Waals surface area (Å²) in [4.78, 5) is 13.0. The van der Waals surface area contributed by atoms with Crippen LogP contribution in [-0.4, -0.2) is 48.6 Å². The van der Waals surface area contributed by atoms with Gasteiger partial charge in [0, 0.05) is 24.5 Å². The second kappa shape index (κ2) is 12.1. The van der Waals surface area contributed by atoms with E-state index in [1.807, 2.05) is 7.05 Å². The number of rotatable bonds is 8. The third kappa shape index (κ3) is 6.64. The van der Waals surface area contributed by atoms with E-state index in [1.54, 1.807) is 11.3 Å². The van der Waals surface area contributed by atoms with Crippen molar-refractivity contribution in [1.82, 2.24) is 20.5 Å². The molecule has 2 rings (SSSR count). The van der Waals surface area contributed by atoms with E-state index in [2.05, 4.69) is 53.2 Å². The maximum atomic E-state index is 4.59. The lowest BCUT2D eigenvalue weighted by molar-refractivity contribution is 0.166. The second-order valence-electron chi connectivity index (χ2n) is 6.94. The minimum Gasteiger partial charge on any atom is -0.355 e. The van der Waals surface area contributed by atoms with Crippen LogP contribution in [0.25, 0.3) is 0 Å². The van der Waals surface area contributed by atoms with E-state index in [4.69, 9.17) is 0 Å². The van der Waals surface area contributed by atoms with Crippen molar-refractivity contribution in [2.45, 2.75) is 66.0 Å². The first-order valence-corrected chi connectivity index (χ1v) is 10.5. The van der Waals surface area contributed by atoms with Gasteiger partial charge in [0.15, 0.2) is 5.96 Å². The minimum atomic E-state index is 0. The third-order valence-corrected chi connectivity index (χ3v) is 6.46. The van der Waals surface area contributed by atoms with Crippen LogP contribution in [0.2, 0.25) is 0 Å². The Morgan fingerprint density at radius 1 is 1.19 bits per heavy atom. The molecule has 1 aromatic heterocycles. The van der Waals surface area contributed by atoms with Gasteiger partial charge in [-0.15, -0.1) is 35.3 Å². The monoisotopic (exact) mass is 493 g/mol. The summed E-state index contributed by atoms with van der Waals surface area (Å²) in [5, 5.41) is 8.10. The highest BCUT2D eigenvalue weighted by Crippen LogP contribution is 2.22. The van der Waals surface area contributed by atoms with Crippen LogP contribution in [0.15, 0.2) is 4.99 Å². The van der Waals surface area contributed by atoms with E-state index < -0.39 is 0 Å². The van der Waals surface area contributed by atoms with Crippen LogP contribution in [0, 0.1) is 19.8 Å². The van der Waals surface area contributed by atoms with Gasteiger partial charge in [-0.05, 0) is 45.7 Å². The second-order valence-corrected chi connectivity index (χ2v) is 8.23. The number of thiazole rings is 1. The van der Waals surface area contributed by atoms with E-state index >= 15 is 0 Å². The largest absolute Gasteiger partial charge is 0.355 e. The number of aromatic nitrogens is 1. The molecule has 0 radical (unpaired) electrons. The molecule has 0 aliphatic carbocycles. The predicted molar refractivity (Wildman–Crippen MR) is 124 cm³/mol. The molecule has 1 atom stereocenters. The fourth-order valence-electron chi connectivity index (χ4n) is 3.70. The van der Waals surface area contributed by atoms with E-state index in [9.17, 15) is 0 Å². The van der Waals surface area contributed by atoms with Crippen LogP contribution >= 0.6 is 35.3 Å². The Morgan fingerprint density at radius 2 is 1.85 bits per heavy atom. The van der Waals surface area contributed by atoms with Crippen LogP contribution in [0.3, 0.4) is 0 Å². The van der Waals surface area contributed by atoms with Gasteiger partial charge >= 0.3 is 0 Å². The Bertz CT molecular complexity index is 529. The van der Waals surface area contributed by atoms with Crippen LogP contribution < -0.4 is 10.6 Å². The van der Waals surface area contributed by atoms with Gasteiger partial charge in [-0.2, -0.15) is 0 Å². The lowest BCUT2D eigenvalue weighted by Crippen LogP contribution is -2.49. The summed E-state index contributed by atoms with van der Waals surface area (Å²) in [6.45, 7) is 13.0. The molecule has 1 fully saturated rings. The van der Waals surface area contributed by atoms with Crippen LogP contribution in [-0.2, 0) is 6.54 Å². The predicted octanol–water partition coefficient (Wildman–Crippen LogP) is 3.94. The topological polar surface area (TPSA) is 52.6 Å². The number of nitrogens with one attached hydrogen (secondary N) is 2. The molecular formula is C19H36IN5S. The van der Waals surface area contributed by atoms with Gasteiger partial charge < -0.3 is 10.6 Å². The first-order valence-electron chi connectivity index (χ1n) is 9.70. The Morgan fingerprint density at radius 3 is 2.35 bits per heavy atom. The zero-order chi connectivity index (χ0) is 18.2. The fraction of sp³-hybridized carbons (Fsp3) is 0.789. The number of aliphatic imine (C=N–C) groups is 1. The van der Waals surface area contributed by atoms with Crippen molar-refractivity contribution in [3.63, 3.8) is 0 Å². The first-order chi connectivity index (χ1) is 12.1. The number of aryl methyl sites for hydroxylation is 2. The molecule has 0 saturated carbocycles. The molecule has 0 spiro atoms. The van der Waals surface area contributed by atoms with E-state index in [0.29, 0.717) is 6.04 Å². The highest BCUT2D eigenvalue weighted by molar-refractivity contribution is 14.0. The normalized spacial score (nSPS) is 16.6. The molecule has 2 heterocycles. The number of hydrogen-bond acceptors (Lipinski definition) is 4. The van der Waals surface area contributed by atoms with Gasteiger partial charge in [-0.3, -0.25) is 9.89 Å². The van der Waals surface area contributed by atoms with Crippen molar-refractivity contribution in [2.75, 3.05) is 26.7 Å². The summed E-state index contributed by atoms with van der Waals surface area (Å²) in [5.74, 6) is 1.62. The molecule has 150 valence electrons. The molecule has 1 aliphatic heterocycles. The Balaban J connectivity index is 0.00000338. The van der Waals surface area contributed by atoms with E-state index in [-0.39, 0.29) is 24.0 Å². The minimum absolute atomic E-state index is 0. The number of halogens is 1. The summed E-state index contributed by atoms with van der Waals surface area (Å²) in [6.07, 6.45) is 5.16. The molecule has 1 unspecified atom stereocenters. The maximum absolute atomic E-state index is 4.59. The van der Waals surface area contributed by atoms with E-state index in [1.165, 1.54) is 43.6 Å². The summed E-state index contributed by atoms with van der Waals surface area (Å²) >= 11 is 1.76. The lowest BCUT2D eigenvalue weighted by atomic mass is 9.93. The molecule has 5 nitrogen and oxygen atoms in total. The summed E-state index contributed by atoms with van der Waals surface area (Å²) in [6, 6.07) is 0.598. The quantitative estimate of drug-likeness (QED) is 0.327. The molecule has 2 N–H and O–H groups in total. The van der Waals surface area contributed by atoms with Crippen molar-refractivity contribution in [3.05, 3.63) is 15.6 Å². The summed E-state index contributed by atoms with van der Waals surface area (Å²) in [7, 11) is 1.84. The van der Waals surface area contributed by atoms with Crippen LogP contribution in [0.1, 0.15) is 55.1 Å². The number of likely N-dealkylation sites (tertiary alicyclic amines) is 1. The van der Waals surface area contributed by atoms with Crippen LogP contribution in [0.4, 0.5) is 0 Å². The van der Waals surface area contributed by atoms with E-state index in [0.717, 1.165) is 35.7 Å². The van der Waals surface area contributed by atoms with Crippen molar-refractivity contribution in [2.24, 2.45) is 10.9 Å². The smallest absolute Gasteiger partial charge is 0.191 e. The molecule has 1 aromatic rings. The number of hydrogen-bond donors (Lipinski definition) is 2. The van der Waals surface area contributed by atoms with Crippen LogP contribution in [0.5, 0.6) is 0 Å². The van der Waals surface area contributed by atoms with Gasteiger partial charge in [0.2, 0.25) is 0 Å². The molecule has 7 heteroatoms. The summed E-state index contributed by atoms with van der Waals surface area (Å²) in [5.41, 5.74) is 1.13. The van der Waals surface area contributed by atoms with Gasteiger partial charge in [-0.25, -0.2) is 4.98 Å². The highest BCUT2D eigenvalue weighted by Gasteiger charge is 2.27. The van der Waals surface area contributed by atoms with Gasteiger partial charge in [0.25, 0.3) is 0 Å². The Kier molecular flexibility index (Phi) is 11.0. The zero-order valence-corrected chi connectivity index (χ0v) is 20.1. The standard InChI is InChI=1S/C19H35N5S.HI/c1-6-16(7-2)17(24-10-8-9-11-24)12-21-19(20-5)22-13-18-23-14(3)15(4)25-18;/h16-17H,6-13H2,1-5H3,(H2,20,21,22);1H. The highest BCUT2D eigenvalue weighted by atomic mass is 127. The number of guanidine groups is 1. The first kappa shape index (κ1) is 23.6. The Hall–Kier alpha value is -0.410. The molecule has 1 aliphatic rings. The van der Waals surface area contributed by atoms with Gasteiger partial charge in [0.1, 0.15) is 5.01 Å². The Labute approximate surface area is 180 Å². The average molecular weight is 494 g/mol.